The van der Waals surface area contributed by atoms with Gasteiger partial charge in [-0.1, -0.05) is 58.5 Å². The van der Waals surface area contributed by atoms with E-state index in [0.717, 1.165) is 64.5 Å². The number of ether oxygens (including phenoxy) is 5. The van der Waals surface area contributed by atoms with Crippen LogP contribution in [0.4, 0.5) is 11.4 Å². The maximum atomic E-state index is 15.1. The number of nitrogens with zero attached hydrogens (tertiary/aromatic N) is 10. The first-order valence-electron chi connectivity index (χ1n) is 33.5. The van der Waals surface area contributed by atoms with Gasteiger partial charge in [0, 0.05) is 108 Å². The second-order valence-corrected chi connectivity index (χ2v) is 31.5. The van der Waals surface area contributed by atoms with Gasteiger partial charge in [0.2, 0.25) is 11.8 Å². The summed E-state index contributed by atoms with van der Waals surface area (Å²) in [4.78, 5) is 133. The first kappa shape index (κ1) is 82.1. The molecule has 4 aromatic carbocycles. The summed E-state index contributed by atoms with van der Waals surface area (Å²) in [6, 6.07) is 23.4. The Bertz CT molecular complexity index is 5100. The van der Waals surface area contributed by atoms with Gasteiger partial charge in [-0.05, 0) is 103 Å². The summed E-state index contributed by atoms with van der Waals surface area (Å²) in [5.74, 6) is 2.87. The summed E-state index contributed by atoms with van der Waals surface area (Å²) < 4.78 is 117. The molecule has 0 radical (unpaired) electrons. The highest BCUT2D eigenvalue weighted by atomic mass is 32.2. The molecule has 580 valence electrons. The number of benzene rings is 4. The number of nitrogen functional groups attached to an aromatic ring is 1. The Balaban J connectivity index is 0.666. The van der Waals surface area contributed by atoms with Gasteiger partial charge in [-0.2, -0.15) is 17.0 Å². The van der Waals surface area contributed by atoms with E-state index < -0.39 is 119 Å². The van der Waals surface area contributed by atoms with Gasteiger partial charge >= 0.3 is 29.1 Å². The van der Waals surface area contributed by atoms with Crippen molar-refractivity contribution in [3.8, 4) is 39.3 Å². The van der Waals surface area contributed by atoms with E-state index >= 15 is 4.79 Å². The second kappa shape index (κ2) is 37.3. The van der Waals surface area contributed by atoms with Crippen molar-refractivity contribution < 1.29 is 107 Å². The van der Waals surface area contributed by atoms with Crippen LogP contribution in [0.5, 0.6) is 5.75 Å². The number of hydrogen-bond acceptors (Lipinski definition) is 26. The lowest BCUT2D eigenvalue weighted by Gasteiger charge is -2.37. The van der Waals surface area contributed by atoms with Crippen molar-refractivity contribution in [2.45, 2.75) is 76.0 Å². The molecule has 6 unspecified atom stereocenters. The highest BCUT2D eigenvalue weighted by molar-refractivity contribution is 7.85. The average Bonchev–Trinajstić information content (AvgIpc) is 1.59. The standard InChI is InChI=1S/C65H73N14O25P3S2/c66-48-33-56(82)79(57-34-50(99-39-72-75-67)51(101-57)36-100-106(89,90)104-107(91,92)103-105(86,87)88)35-42(48)12-6-21-69-54(81)37-96-28-29-97-55(74-76-68)38-98-43-14-5-11-41(31-43)62(83)71-23-22-70-53(80)20-9-26-78(27-10-30-109(93,94)95)64(84)45-16-2-1-15-44(45)58-47-32-40-13-7-24-77-25-8-17-46(60(40)77)61(47)102-65(85)59(58)63-73-49-18-3-4-19-52(49)108-63/h1-5,11,14-16,18-19,31-33,35,50-51,55,57H,7-10,13,17,20-30,34,36-39,66H2,(H,69,81)(H,70,80)(H,71,83)(H,89,90)(H,91,92)(H2,86,87,88)(H,93,94,95). The molecule has 109 heavy (non-hydrogen) atoms. The predicted molar refractivity (Wildman–Crippen MR) is 391 cm³/mol. The molecule has 1 saturated heterocycles. The number of fused-ring (bicyclic) bond motifs is 3. The van der Waals surface area contributed by atoms with Crippen molar-refractivity contribution in [3.05, 3.63) is 161 Å². The summed E-state index contributed by atoms with van der Waals surface area (Å²) in [6.45, 7) is -1.26. The lowest BCUT2D eigenvalue weighted by Crippen LogP contribution is -2.36. The van der Waals surface area contributed by atoms with Crippen LogP contribution in [0.15, 0.2) is 115 Å². The zero-order chi connectivity index (χ0) is 78.0. The van der Waals surface area contributed by atoms with Crippen molar-refractivity contribution in [1.29, 1.82) is 0 Å². The van der Waals surface area contributed by atoms with E-state index in [1.54, 1.807) is 36.4 Å². The molecule has 3 aliphatic heterocycles. The SMILES string of the molecule is [N-]=[N+]=NCOC1CC(n2cc(C#CCNC(=O)COCCOC(COc3cccc(C(=O)NCCNC(=O)CCCN(CCCS(=O)(=O)O)C(=O)c4ccccc4-c4c(-c5nc6ccccc6s5)c(=O)oc5c6c7c(cc45)CCCN7CCC6)c3)N=[N+]=[N-])c(N)cc2=O)OC1COP(=O)(O)OP(=O)(O)OP(=O)(O)O. The molecule has 39 nitrogen and oxygen atoms in total. The zero-order valence-corrected chi connectivity index (χ0v) is 62.0. The number of nitrogens with two attached hydrogens (primary N) is 1. The Kier molecular flexibility index (Phi) is 28.1. The number of carbonyl (C=O) groups excluding carboxylic acids is 4. The van der Waals surface area contributed by atoms with E-state index in [9.17, 15) is 66.0 Å². The number of aryl methyl sites for hydroxylation is 2. The zero-order valence-electron chi connectivity index (χ0n) is 57.6. The van der Waals surface area contributed by atoms with Gasteiger partial charge in [-0.3, -0.25) is 37.6 Å². The Morgan fingerprint density at radius 3 is 2.41 bits per heavy atom. The molecule has 3 aromatic heterocycles. The number of phosphoric ester groups is 1. The molecule has 44 heteroatoms. The Labute approximate surface area is 623 Å². The third kappa shape index (κ3) is 22.8. The molecule has 0 spiro atoms. The summed E-state index contributed by atoms with van der Waals surface area (Å²) in [5, 5.41) is 15.8. The van der Waals surface area contributed by atoms with Crippen LogP contribution in [-0.4, -0.2) is 180 Å². The molecule has 3 aliphatic rings. The first-order valence-corrected chi connectivity index (χ1v) is 40.5. The summed E-state index contributed by atoms with van der Waals surface area (Å²) in [7, 11) is -21.6. The van der Waals surface area contributed by atoms with Gasteiger partial charge < -0.3 is 79.2 Å². The number of pyridine rings is 1. The normalized spacial score (nSPS) is 16.8. The van der Waals surface area contributed by atoms with Crippen molar-refractivity contribution >= 4 is 101 Å². The molecule has 4 amide bonds. The number of nitrogens with one attached hydrogen (secondary N) is 3. The number of aromatic nitrogens is 2. The summed E-state index contributed by atoms with van der Waals surface area (Å²) in [5.41, 5.74) is 28.3. The van der Waals surface area contributed by atoms with Crippen LogP contribution in [0.2, 0.25) is 0 Å². The van der Waals surface area contributed by atoms with E-state index in [2.05, 4.69) is 72.0 Å². The van der Waals surface area contributed by atoms with Crippen LogP contribution >= 0.6 is 34.8 Å². The molecule has 0 bridgehead atoms. The lowest BCUT2D eigenvalue weighted by molar-refractivity contribution is -0.126. The minimum Gasteiger partial charge on any atom is -0.491 e. The van der Waals surface area contributed by atoms with E-state index in [4.69, 9.17) is 54.1 Å². The first-order chi connectivity index (χ1) is 52.1. The van der Waals surface area contributed by atoms with Gasteiger partial charge in [-0.15, -0.1) is 11.3 Å². The number of thiazole rings is 1. The number of amides is 4. The third-order valence-corrected chi connectivity index (χ3v) is 22.5. The molecular weight excluding hydrogens is 1530 g/mol. The van der Waals surface area contributed by atoms with Crippen molar-refractivity contribution in [2.75, 3.05) is 102 Å². The van der Waals surface area contributed by atoms with Crippen LogP contribution in [0.25, 0.3) is 63.8 Å². The van der Waals surface area contributed by atoms with Gasteiger partial charge in [0.15, 0.2) is 6.23 Å². The van der Waals surface area contributed by atoms with E-state index in [0.29, 0.717) is 39.0 Å². The Morgan fingerprint density at radius 1 is 0.881 bits per heavy atom. The maximum Gasteiger partial charge on any atom is 0.490 e. The summed E-state index contributed by atoms with van der Waals surface area (Å²) in [6.07, 6.45) is -0.744. The van der Waals surface area contributed by atoms with E-state index in [1.165, 1.54) is 34.6 Å². The number of rotatable bonds is 37. The molecular formula is C65H73N14O25P3S2. The van der Waals surface area contributed by atoms with Gasteiger partial charge in [0.25, 0.3) is 27.5 Å². The van der Waals surface area contributed by atoms with Crippen LogP contribution in [0.1, 0.15) is 82.2 Å². The second-order valence-electron chi connectivity index (χ2n) is 24.5. The monoisotopic (exact) mass is 1610 g/mol. The number of para-hydroxylation sites is 1. The fourth-order valence-electron chi connectivity index (χ4n) is 12.3. The molecule has 10 rings (SSSR count). The fourth-order valence-corrected chi connectivity index (χ4v) is 16.8. The molecule has 1 fully saturated rings. The maximum absolute atomic E-state index is 15.1. The number of carbonyl (C=O) groups is 4. The molecule has 7 aromatic rings. The van der Waals surface area contributed by atoms with Crippen molar-refractivity contribution in [2.24, 2.45) is 10.2 Å². The Hall–Kier alpha value is -9.45. The largest absolute Gasteiger partial charge is 0.491 e. The average molecular weight is 1610 g/mol. The topological polar surface area (TPSA) is 560 Å². The van der Waals surface area contributed by atoms with E-state index in [-0.39, 0.29) is 112 Å². The molecule has 0 aliphatic carbocycles. The number of azide groups is 2. The summed E-state index contributed by atoms with van der Waals surface area (Å²) >= 11 is 1.33. The van der Waals surface area contributed by atoms with Gasteiger partial charge in [0.05, 0.1) is 59.7 Å². The highest BCUT2D eigenvalue weighted by Crippen LogP contribution is 2.66. The molecule has 0 saturated carbocycles. The predicted octanol–water partition coefficient (Wildman–Crippen LogP) is 6.73. The van der Waals surface area contributed by atoms with Gasteiger partial charge in [-0.25, -0.2) is 23.5 Å². The minimum atomic E-state index is -5.86. The quantitative estimate of drug-likeness (QED) is 0.00285. The third-order valence-electron chi connectivity index (χ3n) is 16.9. The smallest absolute Gasteiger partial charge is 0.490 e. The number of hydrogen-bond donors (Lipinski definition) is 9. The molecule has 6 heterocycles. The van der Waals surface area contributed by atoms with Gasteiger partial charge in [0.1, 0.15) is 54.2 Å². The molecule has 6 atom stereocenters. The van der Waals surface area contributed by atoms with Crippen LogP contribution in [0.3, 0.4) is 0 Å². The molecule has 10 N–H and O–H groups in total. The van der Waals surface area contributed by atoms with Crippen molar-refractivity contribution in [3.63, 3.8) is 0 Å². The number of anilines is 2. The Morgan fingerprint density at radius 2 is 1.64 bits per heavy atom. The van der Waals surface area contributed by atoms with Crippen LogP contribution in [-0.2, 0) is 78.3 Å². The lowest BCUT2D eigenvalue weighted by atomic mass is 9.86. The number of phosphoric acid groups is 3. The van der Waals surface area contributed by atoms with E-state index in [1.807, 2.05) is 24.3 Å². The van der Waals surface area contributed by atoms with Crippen LogP contribution in [0, 0.1) is 11.8 Å². The van der Waals surface area contributed by atoms with Crippen LogP contribution < -0.4 is 42.5 Å². The highest BCUT2D eigenvalue weighted by Gasteiger charge is 2.44. The minimum absolute atomic E-state index is 0.00102. The van der Waals surface area contributed by atoms with Crippen molar-refractivity contribution in [1.82, 2.24) is 30.4 Å². The fraction of sp³-hybridized carbons (Fsp3) is 0.400.